The summed E-state index contributed by atoms with van der Waals surface area (Å²) < 4.78 is 6.86. The van der Waals surface area contributed by atoms with Crippen LogP contribution in [0, 0.1) is 0 Å². The highest BCUT2D eigenvalue weighted by molar-refractivity contribution is 5.38. The molecule has 0 bridgehead atoms. The summed E-state index contributed by atoms with van der Waals surface area (Å²) in [7, 11) is 0. The molecule has 2 aromatic rings. The first-order valence-electron chi connectivity index (χ1n) is 4.66. The number of anilines is 1. The molecule has 1 N–H and O–H groups in total. The van der Waals surface area contributed by atoms with Gasteiger partial charge < -0.3 is 9.73 Å². The van der Waals surface area contributed by atoms with Crippen molar-refractivity contribution in [1.82, 2.24) is 9.78 Å². The predicted molar refractivity (Wildman–Crippen MR) is 53.9 cm³/mol. The van der Waals surface area contributed by atoms with Crippen LogP contribution in [0.4, 0.5) is 5.69 Å². The molecule has 0 aliphatic heterocycles. The molecule has 0 amide bonds. The molecule has 0 spiro atoms. The number of rotatable bonds is 4. The van der Waals surface area contributed by atoms with Crippen LogP contribution in [0.3, 0.4) is 0 Å². The highest BCUT2D eigenvalue weighted by Crippen LogP contribution is 2.08. The lowest BCUT2D eigenvalue weighted by atomic mass is 10.3. The molecule has 0 aromatic carbocycles. The third-order valence-corrected chi connectivity index (χ3v) is 2.03. The van der Waals surface area contributed by atoms with Gasteiger partial charge in [0, 0.05) is 24.8 Å². The molecule has 0 radical (unpaired) electrons. The van der Waals surface area contributed by atoms with E-state index in [2.05, 4.69) is 17.3 Å². The number of aromatic nitrogens is 2. The second-order valence-electron chi connectivity index (χ2n) is 3.07. The van der Waals surface area contributed by atoms with Gasteiger partial charge in [0.2, 0.25) is 0 Å². The first kappa shape index (κ1) is 8.87. The van der Waals surface area contributed by atoms with Gasteiger partial charge in [-0.15, -0.1) is 0 Å². The Morgan fingerprint density at radius 1 is 1.57 bits per heavy atom. The van der Waals surface area contributed by atoms with Gasteiger partial charge >= 0.3 is 0 Å². The van der Waals surface area contributed by atoms with Gasteiger partial charge in [-0.1, -0.05) is 0 Å². The van der Waals surface area contributed by atoms with E-state index in [1.54, 1.807) is 12.5 Å². The fourth-order valence-electron chi connectivity index (χ4n) is 1.23. The minimum atomic E-state index is 0.770. The molecule has 0 saturated heterocycles. The van der Waals surface area contributed by atoms with Crippen LogP contribution in [-0.2, 0) is 13.1 Å². The maximum atomic E-state index is 4.97. The van der Waals surface area contributed by atoms with Crippen molar-refractivity contribution in [3.63, 3.8) is 0 Å². The first-order valence-corrected chi connectivity index (χ1v) is 4.66. The van der Waals surface area contributed by atoms with Gasteiger partial charge in [-0.05, 0) is 13.0 Å². The lowest BCUT2D eigenvalue weighted by Crippen LogP contribution is -1.97. The molecule has 0 atom stereocenters. The number of hydrogen-bond acceptors (Lipinski definition) is 3. The first-order chi connectivity index (χ1) is 6.88. The lowest BCUT2D eigenvalue weighted by molar-refractivity contribution is 0.564. The van der Waals surface area contributed by atoms with Crippen molar-refractivity contribution < 1.29 is 4.42 Å². The van der Waals surface area contributed by atoms with Gasteiger partial charge in [0.1, 0.15) is 0 Å². The summed E-state index contributed by atoms with van der Waals surface area (Å²) in [6.07, 6.45) is 7.22. The summed E-state index contributed by atoms with van der Waals surface area (Å²) >= 11 is 0. The number of aryl methyl sites for hydroxylation is 1. The van der Waals surface area contributed by atoms with Crippen molar-refractivity contribution in [1.29, 1.82) is 0 Å². The Morgan fingerprint density at radius 2 is 2.50 bits per heavy atom. The van der Waals surface area contributed by atoms with Gasteiger partial charge in [-0.3, -0.25) is 4.68 Å². The molecule has 4 nitrogen and oxygen atoms in total. The Hall–Kier alpha value is -1.71. The summed E-state index contributed by atoms with van der Waals surface area (Å²) in [5.41, 5.74) is 2.17. The van der Waals surface area contributed by atoms with Crippen LogP contribution in [0.15, 0.2) is 35.4 Å². The van der Waals surface area contributed by atoms with Crippen molar-refractivity contribution in [3.8, 4) is 0 Å². The van der Waals surface area contributed by atoms with Gasteiger partial charge in [0.15, 0.2) is 0 Å². The molecule has 0 aliphatic carbocycles. The topological polar surface area (TPSA) is 43.0 Å². The summed E-state index contributed by atoms with van der Waals surface area (Å²) in [6, 6.07) is 1.94. The number of nitrogens with zero attached hydrogens (tertiary/aromatic N) is 2. The zero-order chi connectivity index (χ0) is 9.80. The van der Waals surface area contributed by atoms with E-state index >= 15 is 0 Å². The van der Waals surface area contributed by atoms with E-state index in [0.29, 0.717) is 0 Å². The van der Waals surface area contributed by atoms with Crippen LogP contribution in [0.25, 0.3) is 0 Å². The quantitative estimate of drug-likeness (QED) is 0.804. The SMILES string of the molecule is CCn1cc(NCc2ccoc2)cn1. The second-order valence-corrected chi connectivity index (χ2v) is 3.07. The third-order valence-electron chi connectivity index (χ3n) is 2.03. The summed E-state index contributed by atoms with van der Waals surface area (Å²) in [5, 5.41) is 7.42. The molecule has 2 rings (SSSR count). The Kier molecular flexibility index (Phi) is 2.53. The van der Waals surface area contributed by atoms with E-state index in [-0.39, 0.29) is 0 Å². The fourth-order valence-corrected chi connectivity index (χ4v) is 1.23. The van der Waals surface area contributed by atoms with Crippen molar-refractivity contribution in [2.24, 2.45) is 0 Å². The van der Waals surface area contributed by atoms with E-state index in [9.17, 15) is 0 Å². The van der Waals surface area contributed by atoms with Crippen molar-refractivity contribution in [2.75, 3.05) is 5.32 Å². The Bertz CT molecular complexity index is 378. The van der Waals surface area contributed by atoms with E-state index in [1.807, 2.05) is 23.1 Å². The average molecular weight is 191 g/mol. The minimum absolute atomic E-state index is 0.770. The van der Waals surface area contributed by atoms with Crippen LogP contribution in [-0.4, -0.2) is 9.78 Å². The molecule has 4 heteroatoms. The van der Waals surface area contributed by atoms with Crippen molar-refractivity contribution >= 4 is 5.69 Å². The van der Waals surface area contributed by atoms with Crippen molar-refractivity contribution in [2.45, 2.75) is 20.0 Å². The minimum Gasteiger partial charge on any atom is -0.472 e. The largest absolute Gasteiger partial charge is 0.472 e. The zero-order valence-electron chi connectivity index (χ0n) is 8.10. The van der Waals surface area contributed by atoms with E-state index in [4.69, 9.17) is 4.42 Å². The predicted octanol–water partition coefficient (Wildman–Crippen LogP) is 2.11. The molecule has 14 heavy (non-hydrogen) atoms. The van der Waals surface area contributed by atoms with E-state index < -0.39 is 0 Å². The highest BCUT2D eigenvalue weighted by atomic mass is 16.3. The molecule has 0 unspecified atom stereocenters. The van der Waals surface area contributed by atoms with E-state index in [0.717, 1.165) is 24.3 Å². The molecule has 74 valence electrons. The second kappa shape index (κ2) is 4.00. The Morgan fingerprint density at radius 3 is 3.14 bits per heavy atom. The smallest absolute Gasteiger partial charge is 0.0952 e. The normalized spacial score (nSPS) is 10.4. The molecule has 0 aliphatic rings. The molecule has 0 saturated carbocycles. The Balaban J connectivity index is 1.92. The van der Waals surface area contributed by atoms with E-state index in [1.165, 1.54) is 0 Å². The van der Waals surface area contributed by atoms with Crippen LogP contribution in [0.2, 0.25) is 0 Å². The maximum Gasteiger partial charge on any atom is 0.0952 e. The number of furan rings is 1. The van der Waals surface area contributed by atoms with Crippen LogP contribution in [0.1, 0.15) is 12.5 Å². The van der Waals surface area contributed by atoms with Gasteiger partial charge in [0.05, 0.1) is 24.4 Å². The molecule has 0 fully saturated rings. The third kappa shape index (κ3) is 1.96. The maximum absolute atomic E-state index is 4.97. The number of hydrogen-bond donors (Lipinski definition) is 1. The van der Waals surface area contributed by atoms with Gasteiger partial charge in [-0.2, -0.15) is 5.10 Å². The van der Waals surface area contributed by atoms with Crippen LogP contribution >= 0.6 is 0 Å². The average Bonchev–Trinajstić information content (AvgIpc) is 2.86. The number of nitrogens with one attached hydrogen (secondary N) is 1. The van der Waals surface area contributed by atoms with Crippen molar-refractivity contribution in [3.05, 3.63) is 36.5 Å². The standard InChI is InChI=1S/C10H13N3O/c1-2-13-7-10(6-12-13)11-5-9-3-4-14-8-9/h3-4,6-8,11H,2,5H2,1H3. The van der Waals surface area contributed by atoms with Gasteiger partial charge in [0.25, 0.3) is 0 Å². The molecule has 2 aromatic heterocycles. The molecular weight excluding hydrogens is 178 g/mol. The fraction of sp³-hybridized carbons (Fsp3) is 0.300. The van der Waals surface area contributed by atoms with Crippen LogP contribution < -0.4 is 5.32 Å². The van der Waals surface area contributed by atoms with Gasteiger partial charge in [-0.25, -0.2) is 0 Å². The summed E-state index contributed by atoms with van der Waals surface area (Å²) in [4.78, 5) is 0. The summed E-state index contributed by atoms with van der Waals surface area (Å²) in [5.74, 6) is 0. The monoisotopic (exact) mass is 191 g/mol. The van der Waals surface area contributed by atoms with Crippen LogP contribution in [0.5, 0.6) is 0 Å². The molecular formula is C10H13N3O. The lowest BCUT2D eigenvalue weighted by Gasteiger charge is -1.99. The molecule has 2 heterocycles. The highest BCUT2D eigenvalue weighted by Gasteiger charge is 1.97. The zero-order valence-corrected chi connectivity index (χ0v) is 8.10. The summed E-state index contributed by atoms with van der Waals surface area (Å²) in [6.45, 7) is 3.73. The Labute approximate surface area is 82.5 Å².